The molecule has 0 spiro atoms. The van der Waals surface area contributed by atoms with Crippen LogP contribution in [-0.2, 0) is 21.4 Å². The Morgan fingerprint density at radius 3 is 2.83 bits per heavy atom. The third-order valence-electron chi connectivity index (χ3n) is 4.16. The number of ether oxygens (including phenoxy) is 1. The van der Waals surface area contributed by atoms with Crippen molar-refractivity contribution in [1.82, 2.24) is 9.62 Å². The summed E-state index contributed by atoms with van der Waals surface area (Å²) >= 11 is 0. The number of nitrogens with one attached hydrogen (secondary N) is 1. The van der Waals surface area contributed by atoms with Crippen molar-refractivity contribution in [3.63, 3.8) is 0 Å². The number of benzene rings is 1. The van der Waals surface area contributed by atoms with Crippen LogP contribution in [0.5, 0.6) is 5.75 Å². The Morgan fingerprint density at radius 1 is 1.39 bits per heavy atom. The number of hydrogen-bond donors (Lipinski definition) is 1. The van der Waals surface area contributed by atoms with Crippen LogP contribution >= 0.6 is 0 Å². The molecule has 0 saturated carbocycles. The fourth-order valence-corrected chi connectivity index (χ4v) is 3.95. The zero-order chi connectivity index (χ0) is 16.9. The van der Waals surface area contributed by atoms with Gasteiger partial charge in [0.2, 0.25) is 15.9 Å². The minimum atomic E-state index is -3.23. The summed E-state index contributed by atoms with van der Waals surface area (Å²) in [5.74, 6) is 0.404. The second-order valence-corrected chi connectivity index (χ2v) is 7.88. The van der Waals surface area contributed by atoms with E-state index in [-0.39, 0.29) is 24.1 Å². The molecule has 1 unspecified atom stereocenters. The molecular formula is C16H24N2O4S. The van der Waals surface area contributed by atoms with Gasteiger partial charge in [-0.3, -0.25) is 4.79 Å². The molecule has 7 heteroatoms. The van der Waals surface area contributed by atoms with Gasteiger partial charge in [-0.1, -0.05) is 18.2 Å². The minimum Gasteiger partial charge on any atom is -0.496 e. The molecule has 0 aliphatic carbocycles. The van der Waals surface area contributed by atoms with Crippen LogP contribution in [0, 0.1) is 5.92 Å². The van der Waals surface area contributed by atoms with Gasteiger partial charge in [-0.2, -0.15) is 0 Å². The van der Waals surface area contributed by atoms with E-state index in [1.165, 1.54) is 4.31 Å². The molecule has 1 aromatic rings. The van der Waals surface area contributed by atoms with Crippen LogP contribution < -0.4 is 10.1 Å². The highest BCUT2D eigenvalue weighted by molar-refractivity contribution is 7.89. The number of sulfonamides is 1. The Morgan fingerprint density at radius 2 is 2.13 bits per heavy atom. The summed E-state index contributed by atoms with van der Waals surface area (Å²) in [5, 5.41) is 2.89. The molecular weight excluding hydrogens is 316 g/mol. The number of amides is 1. The van der Waals surface area contributed by atoms with Gasteiger partial charge >= 0.3 is 0 Å². The molecule has 0 radical (unpaired) electrons. The average Bonchev–Trinajstić information content (AvgIpc) is 2.60. The highest BCUT2D eigenvalue weighted by Gasteiger charge is 2.31. The highest BCUT2D eigenvalue weighted by atomic mass is 32.2. The summed E-state index contributed by atoms with van der Waals surface area (Å²) in [6, 6.07) is 7.50. The molecule has 1 aliphatic rings. The van der Waals surface area contributed by atoms with Crippen LogP contribution in [0.3, 0.4) is 0 Å². The first kappa shape index (κ1) is 17.7. The molecule has 1 aliphatic heterocycles. The van der Waals surface area contributed by atoms with Crippen molar-refractivity contribution in [2.24, 2.45) is 5.92 Å². The minimum absolute atomic E-state index is 0.0720. The number of nitrogens with zero attached hydrogens (tertiary/aromatic N) is 1. The van der Waals surface area contributed by atoms with Crippen molar-refractivity contribution in [3.8, 4) is 5.75 Å². The van der Waals surface area contributed by atoms with Crippen molar-refractivity contribution in [3.05, 3.63) is 29.8 Å². The van der Waals surface area contributed by atoms with Crippen LogP contribution in [-0.4, -0.2) is 44.6 Å². The number of methoxy groups -OCH3 is 1. The predicted molar refractivity (Wildman–Crippen MR) is 88.6 cm³/mol. The van der Waals surface area contributed by atoms with Gasteiger partial charge in [0.1, 0.15) is 5.75 Å². The fraction of sp³-hybridized carbons (Fsp3) is 0.562. The number of rotatable bonds is 6. The largest absolute Gasteiger partial charge is 0.496 e. The molecule has 2 rings (SSSR count). The molecule has 1 heterocycles. The zero-order valence-corrected chi connectivity index (χ0v) is 14.4. The van der Waals surface area contributed by atoms with Gasteiger partial charge in [-0.25, -0.2) is 12.7 Å². The lowest BCUT2D eigenvalue weighted by atomic mass is 9.98. The van der Waals surface area contributed by atoms with Gasteiger partial charge in [0.25, 0.3) is 0 Å². The highest BCUT2D eigenvalue weighted by Crippen LogP contribution is 2.21. The lowest BCUT2D eigenvalue weighted by Gasteiger charge is -2.30. The van der Waals surface area contributed by atoms with Crippen molar-refractivity contribution in [2.45, 2.75) is 26.3 Å². The SMILES string of the molecule is CCS(=O)(=O)N1CCCC(C(=O)NCc2ccccc2OC)C1. The van der Waals surface area contributed by atoms with Gasteiger partial charge < -0.3 is 10.1 Å². The van der Waals surface area contributed by atoms with Gasteiger partial charge in [-0.15, -0.1) is 0 Å². The predicted octanol–water partition coefficient (Wildman–Crippen LogP) is 1.37. The number of para-hydroxylation sites is 1. The van der Waals surface area contributed by atoms with Crippen LogP contribution in [0.25, 0.3) is 0 Å². The summed E-state index contributed by atoms with van der Waals surface area (Å²) in [6.07, 6.45) is 1.43. The quantitative estimate of drug-likeness (QED) is 0.849. The second-order valence-electron chi connectivity index (χ2n) is 5.63. The molecule has 0 bridgehead atoms. The van der Waals surface area contributed by atoms with E-state index >= 15 is 0 Å². The fourth-order valence-electron chi connectivity index (χ4n) is 2.77. The van der Waals surface area contributed by atoms with Crippen molar-refractivity contribution < 1.29 is 17.9 Å². The maximum atomic E-state index is 12.4. The Balaban J connectivity index is 1.95. The summed E-state index contributed by atoms with van der Waals surface area (Å²) < 4.78 is 30.6. The summed E-state index contributed by atoms with van der Waals surface area (Å²) in [5.41, 5.74) is 0.900. The number of hydrogen-bond acceptors (Lipinski definition) is 4. The third-order valence-corrected chi connectivity index (χ3v) is 6.01. The molecule has 1 aromatic carbocycles. The van der Waals surface area contributed by atoms with E-state index in [2.05, 4.69) is 5.32 Å². The first-order valence-electron chi connectivity index (χ1n) is 7.85. The molecule has 1 amide bonds. The van der Waals surface area contributed by atoms with Crippen molar-refractivity contribution >= 4 is 15.9 Å². The topological polar surface area (TPSA) is 75.7 Å². The zero-order valence-electron chi connectivity index (χ0n) is 13.6. The lowest BCUT2D eigenvalue weighted by Crippen LogP contribution is -2.45. The van der Waals surface area contributed by atoms with Gasteiger partial charge in [0, 0.05) is 25.2 Å². The molecule has 1 saturated heterocycles. The maximum absolute atomic E-state index is 12.4. The lowest BCUT2D eigenvalue weighted by molar-refractivity contribution is -0.126. The number of piperidine rings is 1. The Hall–Kier alpha value is -1.60. The molecule has 6 nitrogen and oxygen atoms in total. The van der Waals surface area contributed by atoms with E-state index in [0.29, 0.717) is 25.9 Å². The van der Waals surface area contributed by atoms with E-state index in [1.807, 2.05) is 24.3 Å². The van der Waals surface area contributed by atoms with Gasteiger partial charge in [0.15, 0.2) is 0 Å². The van der Waals surface area contributed by atoms with E-state index < -0.39 is 10.0 Å². The second kappa shape index (κ2) is 7.79. The molecule has 1 N–H and O–H groups in total. The van der Waals surface area contributed by atoms with Crippen LogP contribution in [0.1, 0.15) is 25.3 Å². The van der Waals surface area contributed by atoms with Crippen molar-refractivity contribution in [2.75, 3.05) is 26.0 Å². The normalized spacial score (nSPS) is 19.3. The molecule has 1 atom stereocenters. The van der Waals surface area contributed by atoms with E-state index in [4.69, 9.17) is 4.74 Å². The standard InChI is InChI=1S/C16H24N2O4S/c1-3-23(20,21)18-10-6-8-14(12-18)16(19)17-11-13-7-4-5-9-15(13)22-2/h4-5,7,9,14H,3,6,8,10-12H2,1-2H3,(H,17,19). The van der Waals surface area contributed by atoms with E-state index in [0.717, 1.165) is 11.3 Å². The van der Waals surface area contributed by atoms with Gasteiger partial charge in [-0.05, 0) is 25.8 Å². The molecule has 0 aromatic heterocycles. The number of carbonyl (C=O) groups excluding carboxylic acids is 1. The Kier molecular flexibility index (Phi) is 6.01. The smallest absolute Gasteiger partial charge is 0.224 e. The first-order chi connectivity index (χ1) is 11.0. The van der Waals surface area contributed by atoms with Crippen LogP contribution in [0.4, 0.5) is 0 Å². The van der Waals surface area contributed by atoms with E-state index in [9.17, 15) is 13.2 Å². The summed E-state index contributed by atoms with van der Waals surface area (Å²) in [4.78, 5) is 12.4. The Labute approximate surface area is 137 Å². The van der Waals surface area contributed by atoms with E-state index in [1.54, 1.807) is 14.0 Å². The first-order valence-corrected chi connectivity index (χ1v) is 9.46. The monoisotopic (exact) mass is 340 g/mol. The molecule has 1 fully saturated rings. The third kappa shape index (κ3) is 4.45. The number of carbonyl (C=O) groups is 1. The summed E-state index contributed by atoms with van der Waals surface area (Å²) in [6.45, 7) is 2.78. The van der Waals surface area contributed by atoms with Crippen LogP contribution in [0.2, 0.25) is 0 Å². The Bertz CT molecular complexity index is 645. The van der Waals surface area contributed by atoms with Crippen molar-refractivity contribution in [1.29, 1.82) is 0 Å². The maximum Gasteiger partial charge on any atom is 0.224 e. The van der Waals surface area contributed by atoms with Gasteiger partial charge in [0.05, 0.1) is 18.8 Å². The summed E-state index contributed by atoms with van der Waals surface area (Å²) in [7, 11) is -1.64. The average molecular weight is 340 g/mol. The molecule has 23 heavy (non-hydrogen) atoms. The van der Waals surface area contributed by atoms with Crippen LogP contribution in [0.15, 0.2) is 24.3 Å². The molecule has 128 valence electrons.